The van der Waals surface area contributed by atoms with E-state index in [9.17, 15) is 18.3 Å². The quantitative estimate of drug-likeness (QED) is 0.864. The van der Waals surface area contributed by atoms with Crippen LogP contribution < -0.4 is 4.74 Å². The van der Waals surface area contributed by atoms with E-state index in [1.807, 2.05) is 0 Å². The average molecular weight is 358 g/mol. The van der Waals surface area contributed by atoms with Crippen molar-refractivity contribution in [3.63, 3.8) is 0 Å². The Labute approximate surface area is 146 Å². The van der Waals surface area contributed by atoms with Crippen LogP contribution in [0.15, 0.2) is 18.2 Å². The first-order valence-corrected chi connectivity index (χ1v) is 8.98. The Balaban J connectivity index is 1.54. The lowest BCUT2D eigenvalue weighted by Gasteiger charge is -2.38. The smallest absolute Gasteiger partial charge is 0.400 e. The number of halogens is 3. The molecule has 1 aliphatic heterocycles. The second-order valence-corrected chi connectivity index (χ2v) is 7.29. The van der Waals surface area contributed by atoms with Crippen LogP contribution in [0.5, 0.6) is 5.75 Å². The zero-order valence-corrected chi connectivity index (χ0v) is 14.4. The molecule has 0 amide bonds. The number of rotatable bonds is 4. The van der Waals surface area contributed by atoms with E-state index in [-0.39, 0.29) is 17.8 Å². The van der Waals surface area contributed by atoms with Crippen molar-refractivity contribution in [2.45, 2.75) is 63.8 Å². The van der Waals surface area contributed by atoms with E-state index in [4.69, 9.17) is 9.47 Å². The van der Waals surface area contributed by atoms with Gasteiger partial charge in [-0.2, -0.15) is 8.78 Å². The van der Waals surface area contributed by atoms with Crippen molar-refractivity contribution in [3.8, 4) is 5.75 Å². The Morgan fingerprint density at radius 3 is 2.44 bits per heavy atom. The van der Waals surface area contributed by atoms with Gasteiger partial charge in [0.2, 0.25) is 0 Å². The van der Waals surface area contributed by atoms with Crippen molar-refractivity contribution in [1.29, 1.82) is 0 Å². The maximum absolute atomic E-state index is 14.4. The van der Waals surface area contributed by atoms with E-state index in [1.165, 1.54) is 12.1 Å². The maximum atomic E-state index is 14.4. The number of hydrogen-bond donors (Lipinski definition) is 1. The van der Waals surface area contributed by atoms with Gasteiger partial charge in [-0.25, -0.2) is 4.39 Å². The molecule has 140 valence electrons. The molecular formula is C19H25F3O3. The molecule has 3 nitrogen and oxygen atoms in total. The summed E-state index contributed by atoms with van der Waals surface area (Å²) < 4.78 is 52.9. The number of hydrogen-bond acceptors (Lipinski definition) is 3. The minimum Gasteiger partial charge on any atom is -0.432 e. The minimum absolute atomic E-state index is 0.0603. The number of alkyl halides is 2. The van der Waals surface area contributed by atoms with Crippen LogP contribution in [0.25, 0.3) is 0 Å². The number of aliphatic hydroxyl groups is 1. The SMILES string of the molecule is Cc1ccc(OC(F)(F)C2CCC(C3CCC(O)CO3)CC2)cc1F. The summed E-state index contributed by atoms with van der Waals surface area (Å²) in [5.74, 6) is -1.30. The van der Waals surface area contributed by atoms with Crippen LogP contribution in [-0.4, -0.2) is 30.0 Å². The van der Waals surface area contributed by atoms with Gasteiger partial charge in [-0.3, -0.25) is 0 Å². The summed E-state index contributed by atoms with van der Waals surface area (Å²) in [6.45, 7) is 1.91. The van der Waals surface area contributed by atoms with Crippen LogP contribution in [0.3, 0.4) is 0 Å². The van der Waals surface area contributed by atoms with Crippen molar-refractivity contribution >= 4 is 0 Å². The summed E-state index contributed by atoms with van der Waals surface area (Å²) in [5.41, 5.74) is 0.397. The van der Waals surface area contributed by atoms with Gasteiger partial charge in [0, 0.05) is 6.07 Å². The molecular weight excluding hydrogens is 333 g/mol. The van der Waals surface area contributed by atoms with Gasteiger partial charge in [-0.15, -0.1) is 0 Å². The third kappa shape index (κ3) is 4.47. The zero-order chi connectivity index (χ0) is 18.0. The summed E-state index contributed by atoms with van der Waals surface area (Å²) in [4.78, 5) is 0. The van der Waals surface area contributed by atoms with Crippen LogP contribution in [0.4, 0.5) is 13.2 Å². The first kappa shape index (κ1) is 18.5. The van der Waals surface area contributed by atoms with Gasteiger partial charge in [0.25, 0.3) is 0 Å². The fraction of sp³-hybridized carbons (Fsp3) is 0.684. The molecule has 3 rings (SSSR count). The molecule has 1 aromatic rings. The van der Waals surface area contributed by atoms with E-state index in [0.29, 0.717) is 44.3 Å². The molecule has 0 aromatic heterocycles. The fourth-order valence-electron chi connectivity index (χ4n) is 3.83. The van der Waals surface area contributed by atoms with Crippen molar-refractivity contribution in [1.82, 2.24) is 0 Å². The molecule has 0 radical (unpaired) electrons. The van der Waals surface area contributed by atoms with Gasteiger partial charge in [0.1, 0.15) is 11.6 Å². The number of ether oxygens (including phenoxy) is 2. The molecule has 1 saturated carbocycles. The van der Waals surface area contributed by atoms with Gasteiger partial charge < -0.3 is 14.6 Å². The second-order valence-electron chi connectivity index (χ2n) is 7.29. The normalized spacial score (nSPS) is 30.9. The topological polar surface area (TPSA) is 38.7 Å². The number of aryl methyl sites for hydroxylation is 1. The van der Waals surface area contributed by atoms with Gasteiger partial charge >= 0.3 is 6.11 Å². The molecule has 1 aromatic carbocycles. The van der Waals surface area contributed by atoms with Crippen molar-refractivity contribution in [3.05, 3.63) is 29.6 Å². The van der Waals surface area contributed by atoms with E-state index in [1.54, 1.807) is 6.92 Å². The fourth-order valence-corrected chi connectivity index (χ4v) is 3.83. The second kappa shape index (κ2) is 7.54. The monoisotopic (exact) mass is 358 g/mol. The van der Waals surface area contributed by atoms with Crippen LogP contribution in [-0.2, 0) is 4.74 Å². The Morgan fingerprint density at radius 2 is 1.84 bits per heavy atom. The van der Waals surface area contributed by atoms with Gasteiger partial charge in [0.05, 0.1) is 24.7 Å². The van der Waals surface area contributed by atoms with E-state index in [2.05, 4.69) is 0 Å². The summed E-state index contributed by atoms with van der Waals surface area (Å²) >= 11 is 0. The lowest BCUT2D eigenvalue weighted by molar-refractivity contribution is -0.225. The highest BCUT2D eigenvalue weighted by atomic mass is 19.3. The van der Waals surface area contributed by atoms with Crippen molar-refractivity contribution in [2.75, 3.05) is 6.61 Å². The lowest BCUT2D eigenvalue weighted by atomic mass is 9.77. The molecule has 0 bridgehead atoms. The summed E-state index contributed by atoms with van der Waals surface area (Å²) in [5, 5.41) is 9.48. The van der Waals surface area contributed by atoms with E-state index < -0.39 is 23.9 Å². The van der Waals surface area contributed by atoms with Gasteiger partial charge in [-0.05, 0) is 63.0 Å². The Kier molecular flexibility index (Phi) is 5.58. The highest BCUT2D eigenvalue weighted by molar-refractivity contribution is 5.28. The predicted molar refractivity (Wildman–Crippen MR) is 87.1 cm³/mol. The van der Waals surface area contributed by atoms with Crippen LogP contribution in [0.2, 0.25) is 0 Å². The van der Waals surface area contributed by atoms with Gasteiger partial charge in [-0.1, -0.05) is 6.07 Å². The van der Waals surface area contributed by atoms with Crippen molar-refractivity contribution in [2.24, 2.45) is 11.8 Å². The molecule has 1 N–H and O–H groups in total. The number of benzene rings is 1. The van der Waals surface area contributed by atoms with E-state index in [0.717, 1.165) is 12.5 Å². The lowest BCUT2D eigenvalue weighted by Crippen LogP contribution is -2.41. The third-order valence-electron chi connectivity index (χ3n) is 5.46. The molecule has 0 spiro atoms. The summed E-state index contributed by atoms with van der Waals surface area (Å²) in [6.07, 6.45) is -0.127. The minimum atomic E-state index is -3.31. The standard InChI is InChI=1S/C19H25F3O3/c1-12-2-8-16(10-17(12)20)25-19(21,22)14-5-3-13(4-6-14)18-9-7-15(23)11-24-18/h2,8,10,13-15,18,23H,3-7,9,11H2,1H3. The molecule has 1 saturated heterocycles. The van der Waals surface area contributed by atoms with Crippen LogP contribution >= 0.6 is 0 Å². The van der Waals surface area contributed by atoms with Crippen LogP contribution in [0.1, 0.15) is 44.1 Å². The molecule has 2 unspecified atom stereocenters. The maximum Gasteiger partial charge on any atom is 0.400 e. The Bertz CT molecular complexity index is 577. The molecule has 6 heteroatoms. The van der Waals surface area contributed by atoms with E-state index >= 15 is 0 Å². The first-order valence-electron chi connectivity index (χ1n) is 8.98. The highest BCUT2D eigenvalue weighted by Gasteiger charge is 2.45. The van der Waals surface area contributed by atoms with Crippen LogP contribution in [0, 0.1) is 24.6 Å². The molecule has 1 aliphatic carbocycles. The molecule has 2 fully saturated rings. The predicted octanol–water partition coefficient (Wildman–Crippen LogP) is 4.45. The molecule has 2 aliphatic rings. The van der Waals surface area contributed by atoms with Crippen molar-refractivity contribution < 1.29 is 27.8 Å². The summed E-state index contributed by atoms with van der Waals surface area (Å²) in [6, 6.07) is 3.82. The third-order valence-corrected chi connectivity index (χ3v) is 5.46. The number of aliphatic hydroxyl groups excluding tert-OH is 1. The largest absolute Gasteiger partial charge is 0.432 e. The average Bonchev–Trinajstić information content (AvgIpc) is 2.59. The first-order chi connectivity index (χ1) is 11.8. The molecule has 1 heterocycles. The molecule has 2 atom stereocenters. The summed E-state index contributed by atoms with van der Waals surface area (Å²) in [7, 11) is 0. The zero-order valence-electron chi connectivity index (χ0n) is 14.4. The van der Waals surface area contributed by atoms with Gasteiger partial charge in [0.15, 0.2) is 0 Å². The Hall–Kier alpha value is -1.27. The Morgan fingerprint density at radius 1 is 1.12 bits per heavy atom. The molecule has 25 heavy (non-hydrogen) atoms. The highest BCUT2D eigenvalue weighted by Crippen LogP contribution is 2.42.